The number of cyclic esters (lactones) is 1. The minimum Gasteiger partial charge on any atom is -0.426 e. The molecule has 2 heterocycles. The molecule has 1 aromatic carbocycles. The fourth-order valence-electron chi connectivity index (χ4n) is 2.81. The van der Waals surface area contributed by atoms with Gasteiger partial charge >= 0.3 is 12.3 Å². The van der Waals surface area contributed by atoms with Crippen LogP contribution in [0.15, 0.2) is 28.8 Å². The number of amides is 2. The van der Waals surface area contributed by atoms with E-state index in [2.05, 4.69) is 20.5 Å². The highest BCUT2D eigenvalue weighted by Gasteiger charge is 2.62. The number of nitrogens with one attached hydrogen (secondary N) is 2. The van der Waals surface area contributed by atoms with Gasteiger partial charge in [-0.25, -0.2) is 4.79 Å². The zero-order valence-corrected chi connectivity index (χ0v) is 15.3. The number of halogens is 4. The van der Waals surface area contributed by atoms with Crippen molar-refractivity contribution >= 4 is 29.3 Å². The molecule has 0 saturated heterocycles. The van der Waals surface area contributed by atoms with Crippen molar-refractivity contribution in [2.45, 2.75) is 31.5 Å². The summed E-state index contributed by atoms with van der Waals surface area (Å²) in [4.78, 5) is 23.9. The first kappa shape index (κ1) is 20.0. The number of ether oxygens (including phenoxy) is 1. The van der Waals surface area contributed by atoms with Gasteiger partial charge in [0.05, 0.1) is 24.3 Å². The van der Waals surface area contributed by atoms with E-state index in [1.807, 2.05) is 6.92 Å². The van der Waals surface area contributed by atoms with Gasteiger partial charge in [0, 0.05) is 23.1 Å². The lowest BCUT2D eigenvalue weighted by Gasteiger charge is -2.39. The molecule has 2 amide bonds. The third-order valence-electron chi connectivity index (χ3n) is 4.21. The van der Waals surface area contributed by atoms with E-state index >= 15 is 0 Å². The van der Waals surface area contributed by atoms with Crippen molar-refractivity contribution in [1.29, 1.82) is 0 Å². The van der Waals surface area contributed by atoms with Crippen molar-refractivity contribution in [3.63, 3.8) is 0 Å². The molecule has 2 N–H and O–H groups in total. The first-order valence-corrected chi connectivity index (χ1v) is 8.60. The van der Waals surface area contributed by atoms with Crippen molar-refractivity contribution < 1.29 is 32.0 Å². The van der Waals surface area contributed by atoms with Crippen molar-refractivity contribution in [1.82, 2.24) is 10.5 Å². The molecular formula is C17H15ClF3N3O4. The fraction of sp³-hybridized carbons (Fsp3) is 0.353. The van der Waals surface area contributed by atoms with Crippen LogP contribution in [0.1, 0.15) is 23.9 Å². The summed E-state index contributed by atoms with van der Waals surface area (Å²) in [6.45, 7) is 0.806. The topological polar surface area (TPSA) is 93.5 Å². The van der Waals surface area contributed by atoms with Gasteiger partial charge in [-0.15, -0.1) is 0 Å². The first-order chi connectivity index (χ1) is 13.1. The highest BCUT2D eigenvalue weighted by molar-refractivity contribution is 6.30. The molecule has 0 bridgehead atoms. The second kappa shape index (κ2) is 7.34. The molecule has 0 spiro atoms. The van der Waals surface area contributed by atoms with E-state index in [0.29, 0.717) is 12.2 Å². The van der Waals surface area contributed by atoms with E-state index in [0.717, 1.165) is 6.07 Å². The van der Waals surface area contributed by atoms with Crippen LogP contribution in [-0.4, -0.2) is 29.9 Å². The van der Waals surface area contributed by atoms with E-state index in [1.165, 1.54) is 12.1 Å². The van der Waals surface area contributed by atoms with Crippen LogP contribution in [0, 0.1) is 0 Å². The molecule has 2 aromatic rings. The van der Waals surface area contributed by atoms with Gasteiger partial charge in [-0.3, -0.25) is 10.1 Å². The maximum absolute atomic E-state index is 14.0. The van der Waals surface area contributed by atoms with Crippen LogP contribution in [-0.2, 0) is 28.0 Å². The van der Waals surface area contributed by atoms with Crippen LogP contribution in [0.25, 0.3) is 0 Å². The number of fused-ring (bicyclic) bond motifs is 1. The minimum absolute atomic E-state index is 0.0214. The molecule has 1 unspecified atom stereocenters. The van der Waals surface area contributed by atoms with Gasteiger partial charge in [-0.05, 0) is 18.2 Å². The molecule has 150 valence electrons. The normalized spacial score (nSPS) is 18.8. The third kappa shape index (κ3) is 3.77. The Balaban J connectivity index is 1.86. The van der Waals surface area contributed by atoms with Crippen molar-refractivity contribution in [2.24, 2.45) is 0 Å². The predicted molar refractivity (Wildman–Crippen MR) is 91.9 cm³/mol. The average molecular weight is 418 g/mol. The zero-order valence-electron chi connectivity index (χ0n) is 14.5. The highest BCUT2D eigenvalue weighted by Crippen LogP contribution is 2.47. The number of carbonyl (C=O) groups is 2. The Hall–Kier alpha value is -2.75. The molecular weight excluding hydrogens is 403 g/mol. The van der Waals surface area contributed by atoms with E-state index in [1.54, 1.807) is 6.07 Å². The van der Waals surface area contributed by atoms with Gasteiger partial charge < -0.3 is 14.6 Å². The molecule has 3 rings (SSSR count). The van der Waals surface area contributed by atoms with Gasteiger partial charge in [0.25, 0.3) is 5.60 Å². The lowest BCUT2D eigenvalue weighted by Crippen LogP contribution is -2.56. The van der Waals surface area contributed by atoms with Crippen molar-refractivity contribution in [3.05, 3.63) is 46.3 Å². The summed E-state index contributed by atoms with van der Waals surface area (Å²) in [5.74, 6) is -0.192. The summed E-state index contributed by atoms with van der Waals surface area (Å²) < 4.78 is 51.6. The molecule has 0 aliphatic carbocycles. The second-order valence-corrected chi connectivity index (χ2v) is 6.56. The zero-order chi connectivity index (χ0) is 20.5. The fourth-order valence-corrected chi connectivity index (χ4v) is 2.98. The van der Waals surface area contributed by atoms with Gasteiger partial charge in [-0.1, -0.05) is 23.7 Å². The summed E-state index contributed by atoms with van der Waals surface area (Å²) in [7, 11) is 0. The summed E-state index contributed by atoms with van der Waals surface area (Å²) in [5.41, 5.74) is -3.30. The maximum Gasteiger partial charge on any atom is 0.434 e. The quantitative estimate of drug-likeness (QED) is 0.775. The van der Waals surface area contributed by atoms with E-state index in [4.69, 9.17) is 16.1 Å². The van der Waals surface area contributed by atoms with Gasteiger partial charge in [0.15, 0.2) is 0 Å². The van der Waals surface area contributed by atoms with Gasteiger partial charge in [-0.2, -0.15) is 13.2 Å². The Bertz CT molecular complexity index is 915. The Kier molecular flexibility index (Phi) is 5.24. The lowest BCUT2D eigenvalue weighted by atomic mass is 9.89. The summed E-state index contributed by atoms with van der Waals surface area (Å²) in [5, 5.41) is 8.06. The van der Waals surface area contributed by atoms with Crippen LogP contribution < -0.4 is 10.6 Å². The molecule has 11 heteroatoms. The third-order valence-corrected chi connectivity index (χ3v) is 4.45. The molecule has 7 nitrogen and oxygen atoms in total. The SMILES string of the molecule is CCc1cc(CC(=O)NCC2(C(F)(F)F)OC(=O)Nc3ccc(Cl)cc32)no1. The minimum atomic E-state index is -5.01. The molecule has 0 radical (unpaired) electrons. The Morgan fingerprint density at radius 3 is 2.75 bits per heavy atom. The summed E-state index contributed by atoms with van der Waals surface area (Å²) in [6, 6.07) is 5.16. The lowest BCUT2D eigenvalue weighted by molar-refractivity contribution is -0.262. The molecule has 1 aliphatic rings. The number of anilines is 1. The predicted octanol–water partition coefficient (Wildman–Crippen LogP) is 3.57. The standard InChI is InChI=1S/C17H15ClF3N3O4/c1-2-11-6-10(24-28-11)7-14(25)22-8-16(17(19,20)21)12-5-9(18)3-4-13(12)23-15(26)27-16/h3-6H,2,7-8H2,1H3,(H,22,25)(H,23,26). The van der Waals surface area contributed by atoms with Gasteiger partial charge in [0.1, 0.15) is 5.76 Å². The van der Waals surface area contributed by atoms with Crippen LogP contribution in [0.4, 0.5) is 23.7 Å². The molecule has 1 aliphatic heterocycles. The second-order valence-electron chi connectivity index (χ2n) is 6.12. The van der Waals surface area contributed by atoms with Crippen LogP contribution in [0.2, 0.25) is 5.02 Å². The van der Waals surface area contributed by atoms with Crippen LogP contribution in [0.5, 0.6) is 0 Å². The monoisotopic (exact) mass is 417 g/mol. The Morgan fingerprint density at radius 2 is 2.11 bits per heavy atom. The number of nitrogens with zero attached hydrogens (tertiary/aromatic N) is 1. The number of alkyl halides is 3. The molecule has 1 atom stereocenters. The maximum atomic E-state index is 14.0. The number of hydrogen-bond acceptors (Lipinski definition) is 5. The van der Waals surface area contributed by atoms with Crippen molar-refractivity contribution in [3.8, 4) is 0 Å². The average Bonchev–Trinajstić information content (AvgIpc) is 3.06. The summed E-state index contributed by atoms with van der Waals surface area (Å²) >= 11 is 5.83. The van der Waals surface area contributed by atoms with E-state index < -0.39 is 35.9 Å². The largest absolute Gasteiger partial charge is 0.434 e. The van der Waals surface area contributed by atoms with Crippen molar-refractivity contribution in [2.75, 3.05) is 11.9 Å². The Morgan fingerprint density at radius 1 is 1.36 bits per heavy atom. The number of carbonyl (C=O) groups excluding carboxylic acids is 2. The number of aryl methyl sites for hydroxylation is 1. The first-order valence-electron chi connectivity index (χ1n) is 8.22. The highest BCUT2D eigenvalue weighted by atomic mass is 35.5. The van der Waals surface area contributed by atoms with E-state index in [-0.39, 0.29) is 22.8 Å². The number of benzene rings is 1. The number of hydrogen-bond donors (Lipinski definition) is 2. The molecule has 28 heavy (non-hydrogen) atoms. The van der Waals surface area contributed by atoms with Crippen LogP contribution >= 0.6 is 11.6 Å². The smallest absolute Gasteiger partial charge is 0.426 e. The van der Waals surface area contributed by atoms with Crippen LogP contribution in [0.3, 0.4) is 0 Å². The van der Waals surface area contributed by atoms with E-state index in [9.17, 15) is 22.8 Å². The molecule has 0 fully saturated rings. The molecule has 0 saturated carbocycles. The van der Waals surface area contributed by atoms with Gasteiger partial charge in [0.2, 0.25) is 5.91 Å². The Labute approximate surface area is 162 Å². The molecule has 1 aromatic heterocycles. The summed E-state index contributed by atoms with van der Waals surface area (Å²) in [6.07, 6.45) is -6.02. The number of aromatic nitrogens is 1. The number of rotatable bonds is 5.